The standard InChI is InChI=1S/C14H29N3O3/c1-14(2,3)20-13(18)15-6-7-17-10-12(11-17)16(4)8-9-19-5/h12H,6-11H2,1-5H3,(H,15,18). The van der Waals surface area contributed by atoms with Gasteiger partial charge in [0, 0.05) is 45.9 Å². The fourth-order valence-corrected chi connectivity index (χ4v) is 2.05. The molecule has 0 aromatic rings. The van der Waals surface area contributed by atoms with E-state index in [1.165, 1.54) is 0 Å². The Labute approximate surface area is 122 Å². The lowest BCUT2D eigenvalue weighted by molar-refractivity contribution is 0.0323. The van der Waals surface area contributed by atoms with Crippen LogP contribution in [0.15, 0.2) is 0 Å². The Hall–Kier alpha value is -0.850. The average molecular weight is 287 g/mol. The molecular weight excluding hydrogens is 258 g/mol. The van der Waals surface area contributed by atoms with Crippen molar-refractivity contribution in [2.45, 2.75) is 32.4 Å². The first-order chi connectivity index (χ1) is 9.31. The molecule has 0 aliphatic carbocycles. The van der Waals surface area contributed by atoms with Gasteiger partial charge in [0.15, 0.2) is 0 Å². The van der Waals surface area contributed by atoms with E-state index in [1.807, 2.05) is 20.8 Å². The van der Waals surface area contributed by atoms with E-state index < -0.39 is 5.60 Å². The summed E-state index contributed by atoms with van der Waals surface area (Å²) in [5.74, 6) is 0. The van der Waals surface area contributed by atoms with E-state index in [1.54, 1.807) is 7.11 Å². The van der Waals surface area contributed by atoms with Crippen LogP contribution in [-0.2, 0) is 9.47 Å². The first-order valence-corrected chi connectivity index (χ1v) is 7.20. The van der Waals surface area contributed by atoms with Crippen LogP contribution in [0.1, 0.15) is 20.8 Å². The largest absolute Gasteiger partial charge is 0.444 e. The van der Waals surface area contributed by atoms with Gasteiger partial charge in [-0.25, -0.2) is 4.79 Å². The van der Waals surface area contributed by atoms with Gasteiger partial charge in [-0.05, 0) is 27.8 Å². The molecule has 20 heavy (non-hydrogen) atoms. The van der Waals surface area contributed by atoms with Crippen LogP contribution in [0.5, 0.6) is 0 Å². The molecule has 0 saturated carbocycles. The minimum atomic E-state index is -0.435. The third-order valence-corrected chi connectivity index (χ3v) is 3.31. The molecule has 0 bridgehead atoms. The van der Waals surface area contributed by atoms with Crippen LogP contribution in [0.25, 0.3) is 0 Å². The van der Waals surface area contributed by atoms with Crippen LogP contribution >= 0.6 is 0 Å². The van der Waals surface area contributed by atoms with Gasteiger partial charge in [-0.3, -0.25) is 9.80 Å². The van der Waals surface area contributed by atoms with Gasteiger partial charge >= 0.3 is 6.09 Å². The normalized spacial score (nSPS) is 17.1. The molecule has 1 heterocycles. The van der Waals surface area contributed by atoms with E-state index in [0.29, 0.717) is 12.6 Å². The Balaban J connectivity index is 2.05. The molecular formula is C14H29N3O3. The number of hydrogen-bond acceptors (Lipinski definition) is 5. The maximum absolute atomic E-state index is 11.5. The predicted molar refractivity (Wildman–Crippen MR) is 79.0 cm³/mol. The molecule has 1 aliphatic rings. The van der Waals surface area contributed by atoms with E-state index in [2.05, 4.69) is 22.2 Å². The van der Waals surface area contributed by atoms with Crippen molar-refractivity contribution in [1.82, 2.24) is 15.1 Å². The SMILES string of the molecule is COCCN(C)C1CN(CCNC(=O)OC(C)(C)C)C1. The van der Waals surface area contributed by atoms with Crippen molar-refractivity contribution in [2.75, 3.05) is 53.5 Å². The summed E-state index contributed by atoms with van der Waals surface area (Å²) in [7, 11) is 3.85. The summed E-state index contributed by atoms with van der Waals surface area (Å²) < 4.78 is 10.3. The van der Waals surface area contributed by atoms with Crippen LogP contribution in [-0.4, -0.2) is 81.0 Å². The van der Waals surface area contributed by atoms with Crippen molar-refractivity contribution >= 4 is 6.09 Å². The zero-order valence-electron chi connectivity index (χ0n) is 13.4. The van der Waals surface area contributed by atoms with Crippen molar-refractivity contribution in [3.63, 3.8) is 0 Å². The third-order valence-electron chi connectivity index (χ3n) is 3.31. The monoisotopic (exact) mass is 287 g/mol. The van der Waals surface area contributed by atoms with Crippen LogP contribution in [0, 0.1) is 0 Å². The van der Waals surface area contributed by atoms with Crippen molar-refractivity contribution in [2.24, 2.45) is 0 Å². The number of nitrogens with one attached hydrogen (secondary N) is 1. The van der Waals surface area contributed by atoms with E-state index >= 15 is 0 Å². The van der Waals surface area contributed by atoms with Crippen LogP contribution in [0.4, 0.5) is 4.79 Å². The fraction of sp³-hybridized carbons (Fsp3) is 0.929. The van der Waals surface area contributed by atoms with E-state index in [0.717, 1.165) is 32.8 Å². The third kappa shape index (κ3) is 6.54. The summed E-state index contributed by atoms with van der Waals surface area (Å²) in [6.07, 6.45) is -0.341. The van der Waals surface area contributed by atoms with Crippen LogP contribution < -0.4 is 5.32 Å². The molecule has 1 amide bonds. The average Bonchev–Trinajstić information content (AvgIpc) is 2.26. The molecule has 0 spiro atoms. The molecule has 0 atom stereocenters. The Morgan fingerprint density at radius 1 is 1.40 bits per heavy atom. The van der Waals surface area contributed by atoms with Crippen LogP contribution in [0.3, 0.4) is 0 Å². The highest BCUT2D eigenvalue weighted by Crippen LogP contribution is 2.12. The van der Waals surface area contributed by atoms with Gasteiger partial charge in [-0.1, -0.05) is 0 Å². The number of alkyl carbamates (subject to hydrolysis) is 1. The second kappa shape index (κ2) is 7.81. The lowest BCUT2D eigenvalue weighted by atomic mass is 10.1. The molecule has 0 unspecified atom stereocenters. The van der Waals surface area contributed by atoms with Gasteiger partial charge in [-0.15, -0.1) is 0 Å². The van der Waals surface area contributed by atoms with E-state index in [4.69, 9.17) is 9.47 Å². The van der Waals surface area contributed by atoms with Gasteiger partial charge in [0.25, 0.3) is 0 Å². The fourth-order valence-electron chi connectivity index (χ4n) is 2.05. The maximum atomic E-state index is 11.5. The minimum Gasteiger partial charge on any atom is -0.444 e. The zero-order valence-corrected chi connectivity index (χ0v) is 13.4. The highest BCUT2D eigenvalue weighted by Gasteiger charge is 2.29. The van der Waals surface area contributed by atoms with Crippen molar-refractivity contribution < 1.29 is 14.3 Å². The molecule has 0 aromatic heterocycles. The minimum absolute atomic E-state index is 0.341. The first kappa shape index (κ1) is 17.2. The quantitative estimate of drug-likeness (QED) is 0.750. The van der Waals surface area contributed by atoms with E-state index in [9.17, 15) is 4.79 Å². The molecule has 1 fully saturated rings. The molecule has 0 aromatic carbocycles. The molecule has 1 saturated heterocycles. The Morgan fingerprint density at radius 3 is 2.60 bits per heavy atom. The highest BCUT2D eigenvalue weighted by molar-refractivity contribution is 5.67. The van der Waals surface area contributed by atoms with Gasteiger partial charge < -0.3 is 14.8 Å². The Morgan fingerprint density at radius 2 is 2.05 bits per heavy atom. The van der Waals surface area contributed by atoms with Gasteiger partial charge in [-0.2, -0.15) is 0 Å². The summed E-state index contributed by atoms with van der Waals surface area (Å²) in [4.78, 5) is 16.1. The number of amides is 1. The number of carbonyl (C=O) groups excluding carboxylic acids is 1. The second-order valence-electron chi connectivity index (χ2n) is 6.32. The van der Waals surface area contributed by atoms with Gasteiger partial charge in [0.05, 0.1) is 6.61 Å². The lowest BCUT2D eigenvalue weighted by Crippen LogP contribution is -2.59. The topological polar surface area (TPSA) is 54.0 Å². The van der Waals surface area contributed by atoms with Crippen molar-refractivity contribution in [3.05, 3.63) is 0 Å². The number of likely N-dealkylation sites (N-methyl/N-ethyl adjacent to an activating group) is 1. The molecule has 1 aliphatic heterocycles. The first-order valence-electron chi connectivity index (χ1n) is 7.20. The number of likely N-dealkylation sites (tertiary alicyclic amines) is 1. The molecule has 6 heteroatoms. The molecule has 118 valence electrons. The molecule has 1 rings (SSSR count). The van der Waals surface area contributed by atoms with E-state index in [-0.39, 0.29) is 6.09 Å². The number of carbonyl (C=O) groups is 1. The number of methoxy groups -OCH3 is 1. The predicted octanol–water partition coefficient (Wildman–Crippen LogP) is 0.774. The summed E-state index contributed by atoms with van der Waals surface area (Å²) in [6.45, 7) is 10.9. The lowest BCUT2D eigenvalue weighted by Gasteiger charge is -2.44. The molecule has 6 nitrogen and oxygen atoms in total. The zero-order chi connectivity index (χ0) is 15.2. The Kier molecular flexibility index (Phi) is 6.71. The summed E-state index contributed by atoms with van der Waals surface area (Å²) in [5, 5.41) is 2.78. The number of ether oxygens (including phenoxy) is 2. The maximum Gasteiger partial charge on any atom is 0.407 e. The molecule has 1 N–H and O–H groups in total. The van der Waals surface area contributed by atoms with Crippen molar-refractivity contribution in [1.29, 1.82) is 0 Å². The van der Waals surface area contributed by atoms with Crippen LogP contribution in [0.2, 0.25) is 0 Å². The number of rotatable bonds is 7. The number of nitrogens with zero attached hydrogens (tertiary/aromatic N) is 2. The second-order valence-corrected chi connectivity index (χ2v) is 6.32. The smallest absolute Gasteiger partial charge is 0.407 e. The van der Waals surface area contributed by atoms with Crippen molar-refractivity contribution in [3.8, 4) is 0 Å². The highest BCUT2D eigenvalue weighted by atomic mass is 16.6. The molecule has 0 radical (unpaired) electrons. The summed E-state index contributed by atoms with van der Waals surface area (Å²) in [6, 6.07) is 0.603. The summed E-state index contributed by atoms with van der Waals surface area (Å²) in [5.41, 5.74) is -0.435. The summed E-state index contributed by atoms with van der Waals surface area (Å²) >= 11 is 0. The van der Waals surface area contributed by atoms with Gasteiger partial charge in [0.2, 0.25) is 0 Å². The number of hydrogen-bond donors (Lipinski definition) is 1. The Bertz CT molecular complexity index is 299. The van der Waals surface area contributed by atoms with Gasteiger partial charge in [0.1, 0.15) is 5.60 Å².